The second-order valence-corrected chi connectivity index (χ2v) is 6.99. The van der Waals surface area contributed by atoms with Crippen LogP contribution < -0.4 is 11.1 Å². The summed E-state index contributed by atoms with van der Waals surface area (Å²) in [5, 5.41) is 4.27. The Morgan fingerprint density at radius 2 is 1.76 bits per heavy atom. The van der Waals surface area contributed by atoms with Crippen molar-refractivity contribution in [3.8, 4) is 0 Å². The molecule has 1 aliphatic carbocycles. The smallest absolute Gasteiger partial charge is 0.237 e. The van der Waals surface area contributed by atoms with Crippen LogP contribution in [-0.4, -0.2) is 23.0 Å². The van der Waals surface area contributed by atoms with E-state index in [0.717, 1.165) is 29.3 Å². The third-order valence-electron chi connectivity index (χ3n) is 5.35. The van der Waals surface area contributed by atoms with Crippen molar-refractivity contribution in [2.75, 3.05) is 0 Å². The number of para-hydroxylation sites is 1. The molecule has 0 spiro atoms. The molecule has 1 aliphatic rings. The van der Waals surface area contributed by atoms with E-state index in [0.29, 0.717) is 0 Å². The Hall–Kier alpha value is -2.59. The predicted molar refractivity (Wildman–Crippen MR) is 100 cm³/mol. The summed E-state index contributed by atoms with van der Waals surface area (Å²) in [7, 11) is 0. The van der Waals surface area contributed by atoms with Gasteiger partial charge in [0.05, 0.1) is 6.04 Å². The lowest BCUT2D eigenvalue weighted by atomic mass is 9.92. The molecule has 3 aromatic rings. The van der Waals surface area contributed by atoms with E-state index in [1.54, 1.807) is 0 Å². The third-order valence-corrected chi connectivity index (χ3v) is 5.35. The van der Waals surface area contributed by atoms with Gasteiger partial charge in [0.15, 0.2) is 0 Å². The lowest BCUT2D eigenvalue weighted by Crippen LogP contribution is -2.48. The zero-order chi connectivity index (χ0) is 17.4. The molecule has 0 saturated carbocycles. The lowest BCUT2D eigenvalue weighted by molar-refractivity contribution is -0.123. The third kappa shape index (κ3) is 2.94. The number of carbonyl (C=O) groups is 1. The molecule has 2 unspecified atom stereocenters. The van der Waals surface area contributed by atoms with Gasteiger partial charge in [0.1, 0.15) is 0 Å². The molecule has 2 aromatic carbocycles. The highest BCUT2D eigenvalue weighted by Crippen LogP contribution is 2.27. The SMILES string of the molecule is CC(c1c[nH]c2ccccc12)C(N)C(=O)NC1Cc2ccccc2C1. The molecule has 0 fully saturated rings. The molecule has 0 radical (unpaired) electrons. The second-order valence-electron chi connectivity index (χ2n) is 6.99. The number of nitrogens with one attached hydrogen (secondary N) is 2. The van der Waals surface area contributed by atoms with Crippen LogP contribution in [0.3, 0.4) is 0 Å². The first-order valence-corrected chi connectivity index (χ1v) is 8.82. The molecule has 4 rings (SSSR count). The second kappa shape index (κ2) is 6.37. The van der Waals surface area contributed by atoms with E-state index >= 15 is 0 Å². The van der Waals surface area contributed by atoms with Crippen LogP contribution in [0.2, 0.25) is 0 Å². The van der Waals surface area contributed by atoms with Gasteiger partial charge < -0.3 is 16.0 Å². The van der Waals surface area contributed by atoms with Crippen LogP contribution >= 0.6 is 0 Å². The fraction of sp³-hybridized carbons (Fsp3) is 0.286. The Balaban J connectivity index is 1.45. The molecule has 1 aromatic heterocycles. The minimum atomic E-state index is -0.567. The van der Waals surface area contributed by atoms with Gasteiger partial charge in [0.2, 0.25) is 5.91 Å². The average Bonchev–Trinajstić information content (AvgIpc) is 3.23. The molecule has 0 bridgehead atoms. The zero-order valence-corrected chi connectivity index (χ0v) is 14.3. The number of nitrogens with two attached hydrogens (primary N) is 1. The Kier molecular flexibility index (Phi) is 4.06. The highest BCUT2D eigenvalue weighted by molar-refractivity contribution is 5.87. The summed E-state index contributed by atoms with van der Waals surface area (Å²) in [5.41, 5.74) is 11.1. The van der Waals surface area contributed by atoms with E-state index in [1.807, 2.05) is 43.5 Å². The van der Waals surface area contributed by atoms with Crippen molar-refractivity contribution in [3.05, 3.63) is 71.4 Å². The number of rotatable bonds is 4. The van der Waals surface area contributed by atoms with E-state index in [-0.39, 0.29) is 17.9 Å². The molecule has 4 nitrogen and oxygen atoms in total. The Labute approximate surface area is 147 Å². The van der Waals surface area contributed by atoms with Crippen molar-refractivity contribution in [1.82, 2.24) is 10.3 Å². The van der Waals surface area contributed by atoms with Crippen molar-refractivity contribution < 1.29 is 4.79 Å². The number of amides is 1. The summed E-state index contributed by atoms with van der Waals surface area (Å²) in [6.07, 6.45) is 3.74. The number of benzene rings is 2. The van der Waals surface area contributed by atoms with Crippen molar-refractivity contribution in [3.63, 3.8) is 0 Å². The first kappa shape index (κ1) is 15.9. The van der Waals surface area contributed by atoms with Gasteiger partial charge in [-0.2, -0.15) is 0 Å². The fourth-order valence-electron chi connectivity index (χ4n) is 3.85. The van der Waals surface area contributed by atoms with Crippen LogP contribution in [0.15, 0.2) is 54.7 Å². The molecule has 1 heterocycles. The molecule has 0 saturated heterocycles. The van der Waals surface area contributed by atoms with Crippen molar-refractivity contribution in [1.29, 1.82) is 0 Å². The minimum absolute atomic E-state index is 0.0556. The van der Waals surface area contributed by atoms with Gasteiger partial charge >= 0.3 is 0 Å². The van der Waals surface area contributed by atoms with Gasteiger partial charge in [-0.05, 0) is 35.6 Å². The van der Waals surface area contributed by atoms with Crippen LogP contribution in [0.25, 0.3) is 10.9 Å². The van der Waals surface area contributed by atoms with Crippen LogP contribution in [0.1, 0.15) is 29.5 Å². The number of fused-ring (bicyclic) bond motifs is 2. The number of hydrogen-bond donors (Lipinski definition) is 3. The first-order chi connectivity index (χ1) is 12.1. The summed E-state index contributed by atoms with van der Waals surface area (Å²) >= 11 is 0. The van der Waals surface area contributed by atoms with Gasteiger partial charge in [-0.25, -0.2) is 0 Å². The quantitative estimate of drug-likeness (QED) is 0.687. The number of H-pyrrole nitrogens is 1. The van der Waals surface area contributed by atoms with E-state index in [1.165, 1.54) is 11.1 Å². The molecule has 2 atom stereocenters. The van der Waals surface area contributed by atoms with Crippen LogP contribution in [0.4, 0.5) is 0 Å². The highest BCUT2D eigenvalue weighted by atomic mass is 16.2. The maximum Gasteiger partial charge on any atom is 0.237 e. The molecular weight excluding hydrogens is 310 g/mol. The standard InChI is InChI=1S/C21H23N3O/c1-13(18-12-23-19-9-5-4-8-17(18)19)20(22)21(25)24-16-10-14-6-2-3-7-15(14)11-16/h2-9,12-13,16,20,23H,10-11,22H2,1H3,(H,24,25). The van der Waals surface area contributed by atoms with E-state index in [4.69, 9.17) is 5.73 Å². The lowest BCUT2D eigenvalue weighted by Gasteiger charge is -2.21. The summed E-state index contributed by atoms with van der Waals surface area (Å²) in [6, 6.07) is 16.1. The van der Waals surface area contributed by atoms with Gasteiger partial charge in [-0.1, -0.05) is 49.4 Å². The molecule has 4 heteroatoms. The van der Waals surface area contributed by atoms with Gasteiger partial charge in [0, 0.05) is 29.1 Å². The topological polar surface area (TPSA) is 70.9 Å². The largest absolute Gasteiger partial charge is 0.361 e. The van der Waals surface area contributed by atoms with Crippen LogP contribution in [-0.2, 0) is 17.6 Å². The number of carbonyl (C=O) groups excluding carboxylic acids is 1. The molecule has 1 amide bonds. The predicted octanol–water partition coefficient (Wildman–Crippen LogP) is 2.88. The van der Waals surface area contributed by atoms with Crippen LogP contribution in [0.5, 0.6) is 0 Å². The number of aromatic amines is 1. The average molecular weight is 333 g/mol. The summed E-state index contributed by atoms with van der Waals surface area (Å²) < 4.78 is 0. The summed E-state index contributed by atoms with van der Waals surface area (Å²) in [4.78, 5) is 15.9. The highest BCUT2D eigenvalue weighted by Gasteiger charge is 2.28. The van der Waals surface area contributed by atoms with E-state index < -0.39 is 6.04 Å². The Bertz CT molecular complexity index is 889. The van der Waals surface area contributed by atoms with Crippen molar-refractivity contribution in [2.45, 2.75) is 37.8 Å². The zero-order valence-electron chi connectivity index (χ0n) is 14.3. The first-order valence-electron chi connectivity index (χ1n) is 8.82. The van der Waals surface area contributed by atoms with Gasteiger partial charge in [0.25, 0.3) is 0 Å². The molecular formula is C21H23N3O. The number of aromatic nitrogens is 1. The molecule has 128 valence electrons. The molecule has 4 N–H and O–H groups in total. The number of hydrogen-bond acceptors (Lipinski definition) is 2. The maximum absolute atomic E-state index is 12.7. The van der Waals surface area contributed by atoms with E-state index in [2.05, 4.69) is 28.5 Å². The molecule has 25 heavy (non-hydrogen) atoms. The van der Waals surface area contributed by atoms with Crippen molar-refractivity contribution in [2.24, 2.45) is 5.73 Å². The Morgan fingerprint density at radius 3 is 2.48 bits per heavy atom. The molecule has 0 aliphatic heterocycles. The Morgan fingerprint density at radius 1 is 1.12 bits per heavy atom. The maximum atomic E-state index is 12.7. The summed E-state index contributed by atoms with van der Waals surface area (Å²) in [6.45, 7) is 2.02. The minimum Gasteiger partial charge on any atom is -0.361 e. The van der Waals surface area contributed by atoms with Gasteiger partial charge in [-0.3, -0.25) is 4.79 Å². The van der Waals surface area contributed by atoms with Crippen LogP contribution in [0, 0.1) is 0 Å². The fourth-order valence-corrected chi connectivity index (χ4v) is 3.85. The van der Waals surface area contributed by atoms with Crippen molar-refractivity contribution >= 4 is 16.8 Å². The normalized spacial score (nSPS) is 16.6. The monoisotopic (exact) mass is 333 g/mol. The van der Waals surface area contributed by atoms with Gasteiger partial charge in [-0.15, -0.1) is 0 Å². The summed E-state index contributed by atoms with van der Waals surface area (Å²) in [5.74, 6) is -0.129. The van der Waals surface area contributed by atoms with E-state index in [9.17, 15) is 4.79 Å².